The number of sulfonamides is 1. The Morgan fingerprint density at radius 1 is 1.10 bits per heavy atom. The SMILES string of the molecule is C#Cc1cccc(NC(O)CN(c2ccccc2OC)S(=O)(=O)c2ccc(C)cc2)c1. The number of aliphatic hydroxyl groups is 1. The van der Waals surface area contributed by atoms with Crippen molar-refractivity contribution in [3.63, 3.8) is 0 Å². The number of hydrogen-bond donors (Lipinski definition) is 2. The van der Waals surface area contributed by atoms with Gasteiger partial charge in [-0.1, -0.05) is 41.8 Å². The number of rotatable bonds is 8. The second kappa shape index (κ2) is 9.56. The van der Waals surface area contributed by atoms with E-state index in [2.05, 4.69) is 11.2 Å². The van der Waals surface area contributed by atoms with Crippen LogP contribution in [0.15, 0.2) is 77.7 Å². The molecule has 31 heavy (non-hydrogen) atoms. The molecule has 0 fully saturated rings. The molecule has 7 heteroatoms. The van der Waals surface area contributed by atoms with Crippen molar-refractivity contribution in [2.24, 2.45) is 0 Å². The van der Waals surface area contributed by atoms with Gasteiger partial charge in [0.25, 0.3) is 10.0 Å². The van der Waals surface area contributed by atoms with Crippen molar-refractivity contribution >= 4 is 21.4 Å². The first-order valence-electron chi connectivity index (χ1n) is 9.59. The molecule has 0 aliphatic rings. The van der Waals surface area contributed by atoms with E-state index in [0.29, 0.717) is 22.7 Å². The van der Waals surface area contributed by atoms with Crippen LogP contribution in [0.2, 0.25) is 0 Å². The van der Waals surface area contributed by atoms with Gasteiger partial charge in [0.1, 0.15) is 12.0 Å². The third-order valence-electron chi connectivity index (χ3n) is 4.66. The fraction of sp³-hybridized carbons (Fsp3) is 0.167. The van der Waals surface area contributed by atoms with Crippen LogP contribution in [0.5, 0.6) is 5.75 Å². The highest BCUT2D eigenvalue weighted by molar-refractivity contribution is 7.92. The van der Waals surface area contributed by atoms with Gasteiger partial charge in [-0.05, 0) is 49.4 Å². The monoisotopic (exact) mass is 436 g/mol. The van der Waals surface area contributed by atoms with Gasteiger partial charge in [-0.2, -0.15) is 0 Å². The van der Waals surface area contributed by atoms with E-state index in [1.807, 2.05) is 6.92 Å². The maximum absolute atomic E-state index is 13.5. The molecule has 0 saturated carbocycles. The predicted octanol–water partition coefficient (Wildman–Crippen LogP) is 3.61. The average molecular weight is 437 g/mol. The summed E-state index contributed by atoms with van der Waals surface area (Å²) >= 11 is 0. The van der Waals surface area contributed by atoms with Crippen LogP contribution in [-0.4, -0.2) is 33.4 Å². The lowest BCUT2D eigenvalue weighted by molar-refractivity contribution is 0.212. The number of methoxy groups -OCH3 is 1. The van der Waals surface area contributed by atoms with Crippen LogP contribution in [0.1, 0.15) is 11.1 Å². The van der Waals surface area contributed by atoms with E-state index in [1.54, 1.807) is 72.8 Å². The van der Waals surface area contributed by atoms with Crippen molar-refractivity contribution < 1.29 is 18.3 Å². The molecular formula is C24H24N2O4S. The molecule has 0 radical (unpaired) electrons. The maximum atomic E-state index is 13.5. The van der Waals surface area contributed by atoms with Crippen molar-refractivity contribution in [1.29, 1.82) is 0 Å². The van der Waals surface area contributed by atoms with Gasteiger partial charge in [-0.25, -0.2) is 8.42 Å². The maximum Gasteiger partial charge on any atom is 0.264 e. The lowest BCUT2D eigenvalue weighted by Gasteiger charge is -2.28. The number of anilines is 2. The largest absolute Gasteiger partial charge is 0.495 e. The zero-order chi connectivity index (χ0) is 22.4. The van der Waals surface area contributed by atoms with Crippen LogP contribution >= 0.6 is 0 Å². The van der Waals surface area contributed by atoms with E-state index in [9.17, 15) is 13.5 Å². The van der Waals surface area contributed by atoms with Gasteiger partial charge in [-0.3, -0.25) is 4.31 Å². The Morgan fingerprint density at radius 2 is 1.81 bits per heavy atom. The molecule has 0 amide bonds. The number of aliphatic hydroxyl groups excluding tert-OH is 1. The summed E-state index contributed by atoms with van der Waals surface area (Å²) in [5.74, 6) is 2.90. The normalized spacial score (nSPS) is 11.9. The first-order valence-corrected chi connectivity index (χ1v) is 11.0. The minimum atomic E-state index is -3.98. The van der Waals surface area contributed by atoms with Gasteiger partial charge in [-0.15, -0.1) is 6.42 Å². The Kier molecular flexibility index (Phi) is 6.85. The first-order chi connectivity index (χ1) is 14.8. The molecule has 1 unspecified atom stereocenters. The second-order valence-corrected chi connectivity index (χ2v) is 8.77. The van der Waals surface area contributed by atoms with E-state index in [4.69, 9.17) is 11.2 Å². The molecule has 6 nitrogen and oxygen atoms in total. The van der Waals surface area contributed by atoms with Crippen LogP contribution in [0.4, 0.5) is 11.4 Å². The molecule has 0 aliphatic heterocycles. The Bertz CT molecular complexity index is 1180. The molecule has 1 atom stereocenters. The van der Waals surface area contributed by atoms with E-state index in [-0.39, 0.29) is 11.4 Å². The molecular weight excluding hydrogens is 412 g/mol. The molecule has 2 N–H and O–H groups in total. The summed E-state index contributed by atoms with van der Waals surface area (Å²) in [6, 6.07) is 20.3. The lowest BCUT2D eigenvalue weighted by Crippen LogP contribution is -2.40. The number of hydrogen-bond acceptors (Lipinski definition) is 5. The number of aryl methyl sites for hydroxylation is 1. The summed E-state index contributed by atoms with van der Waals surface area (Å²) in [7, 11) is -2.51. The standard InChI is InChI=1S/C24H24N2O4S/c1-4-19-8-7-9-20(16-19)25-24(27)17-26(22-10-5-6-11-23(22)30-3)31(28,29)21-14-12-18(2)13-15-21/h1,5-16,24-25,27H,17H2,2-3H3. The summed E-state index contributed by atoms with van der Waals surface area (Å²) in [5.41, 5.74) is 2.49. The highest BCUT2D eigenvalue weighted by Crippen LogP contribution is 2.32. The Labute approximate surface area is 183 Å². The van der Waals surface area contributed by atoms with Crippen LogP contribution < -0.4 is 14.4 Å². The summed E-state index contributed by atoms with van der Waals surface area (Å²) in [4.78, 5) is 0.116. The quantitative estimate of drug-likeness (QED) is 0.417. The number of ether oxygens (including phenoxy) is 1. The van der Waals surface area contributed by atoms with Gasteiger partial charge in [0.2, 0.25) is 0 Å². The average Bonchev–Trinajstić information content (AvgIpc) is 2.77. The topological polar surface area (TPSA) is 78.9 Å². The zero-order valence-electron chi connectivity index (χ0n) is 17.3. The zero-order valence-corrected chi connectivity index (χ0v) is 18.1. The highest BCUT2D eigenvalue weighted by atomic mass is 32.2. The fourth-order valence-corrected chi connectivity index (χ4v) is 4.57. The van der Waals surface area contributed by atoms with E-state index in [0.717, 1.165) is 9.87 Å². The predicted molar refractivity (Wildman–Crippen MR) is 123 cm³/mol. The van der Waals surface area contributed by atoms with Crippen LogP contribution in [0, 0.1) is 19.3 Å². The summed E-state index contributed by atoms with van der Waals surface area (Å²) in [6.45, 7) is 1.63. The smallest absolute Gasteiger partial charge is 0.264 e. The minimum Gasteiger partial charge on any atom is -0.495 e. The molecule has 160 valence electrons. The highest BCUT2D eigenvalue weighted by Gasteiger charge is 2.29. The lowest BCUT2D eigenvalue weighted by atomic mass is 10.2. The van der Waals surface area contributed by atoms with Crippen molar-refractivity contribution in [2.75, 3.05) is 23.3 Å². The number of para-hydroxylation sites is 2. The summed E-state index contributed by atoms with van der Waals surface area (Å²) < 4.78 is 33.5. The van der Waals surface area contributed by atoms with E-state index < -0.39 is 16.3 Å². The molecule has 0 saturated heterocycles. The molecule has 3 rings (SSSR count). The summed E-state index contributed by atoms with van der Waals surface area (Å²) in [5, 5.41) is 13.6. The van der Waals surface area contributed by atoms with Crippen molar-refractivity contribution in [2.45, 2.75) is 18.0 Å². The third kappa shape index (κ3) is 5.18. The molecule has 0 bridgehead atoms. The van der Waals surface area contributed by atoms with Gasteiger partial charge in [0, 0.05) is 11.3 Å². The van der Waals surface area contributed by atoms with Crippen molar-refractivity contribution in [3.05, 3.63) is 83.9 Å². The van der Waals surface area contributed by atoms with Crippen LogP contribution in [0.25, 0.3) is 0 Å². The van der Waals surface area contributed by atoms with Gasteiger partial charge >= 0.3 is 0 Å². The van der Waals surface area contributed by atoms with Crippen LogP contribution in [0.3, 0.4) is 0 Å². The molecule has 0 heterocycles. The molecule has 0 spiro atoms. The third-order valence-corrected chi connectivity index (χ3v) is 6.46. The van der Waals surface area contributed by atoms with Gasteiger partial charge in [0.05, 0.1) is 24.2 Å². The van der Waals surface area contributed by atoms with Crippen molar-refractivity contribution in [1.82, 2.24) is 0 Å². The van der Waals surface area contributed by atoms with E-state index >= 15 is 0 Å². The fourth-order valence-electron chi connectivity index (χ4n) is 3.09. The second-order valence-electron chi connectivity index (χ2n) is 6.91. The molecule has 3 aromatic rings. The van der Waals surface area contributed by atoms with Gasteiger partial charge < -0.3 is 15.2 Å². The van der Waals surface area contributed by atoms with Crippen LogP contribution in [-0.2, 0) is 10.0 Å². The van der Waals surface area contributed by atoms with Gasteiger partial charge in [0.15, 0.2) is 0 Å². The molecule has 3 aromatic carbocycles. The number of nitrogens with zero attached hydrogens (tertiary/aromatic N) is 1. The number of terminal acetylenes is 1. The molecule has 0 aliphatic carbocycles. The Morgan fingerprint density at radius 3 is 2.48 bits per heavy atom. The Hall–Kier alpha value is -3.47. The Balaban J connectivity index is 1.97. The van der Waals surface area contributed by atoms with Crippen molar-refractivity contribution in [3.8, 4) is 18.1 Å². The first kappa shape index (κ1) is 22.2. The summed E-state index contributed by atoms with van der Waals surface area (Å²) in [6.07, 6.45) is 4.22. The van der Waals surface area contributed by atoms with E-state index in [1.165, 1.54) is 7.11 Å². The minimum absolute atomic E-state index is 0.116. The molecule has 0 aromatic heterocycles. The number of nitrogens with one attached hydrogen (secondary N) is 1. The number of benzene rings is 3.